The highest BCUT2D eigenvalue weighted by molar-refractivity contribution is 5.87. The van der Waals surface area contributed by atoms with Gasteiger partial charge >= 0.3 is 0 Å². The second-order valence-electron chi connectivity index (χ2n) is 3.33. The normalized spacial score (nSPS) is 19.2. The van der Waals surface area contributed by atoms with Gasteiger partial charge in [0.15, 0.2) is 5.78 Å². The summed E-state index contributed by atoms with van der Waals surface area (Å²) in [5.41, 5.74) is 1.37. The predicted molar refractivity (Wildman–Crippen MR) is 46.5 cm³/mol. The fraction of sp³-hybridized carbons (Fsp3) is 0.700. The molecular formula is C10H16O. The number of rotatable bonds is 1. The summed E-state index contributed by atoms with van der Waals surface area (Å²) in [5, 5.41) is 0. The molecule has 1 heteroatoms. The van der Waals surface area contributed by atoms with Gasteiger partial charge in [0.2, 0.25) is 0 Å². The molecule has 0 aromatic heterocycles. The van der Waals surface area contributed by atoms with E-state index in [1.165, 1.54) is 31.3 Å². The van der Waals surface area contributed by atoms with E-state index in [-0.39, 0.29) is 5.78 Å². The Labute approximate surface area is 68.5 Å². The van der Waals surface area contributed by atoms with Crippen molar-refractivity contribution in [3.05, 3.63) is 11.6 Å². The van der Waals surface area contributed by atoms with E-state index < -0.39 is 0 Å². The number of allylic oxidation sites excluding steroid dienone is 2. The largest absolute Gasteiger partial charge is 0.295 e. The third kappa shape index (κ3) is 3.35. The van der Waals surface area contributed by atoms with Crippen LogP contribution in [-0.4, -0.2) is 5.78 Å². The lowest BCUT2D eigenvalue weighted by Gasteiger charge is -1.98. The molecule has 0 heterocycles. The van der Waals surface area contributed by atoms with Crippen LogP contribution in [-0.2, 0) is 4.79 Å². The molecule has 0 spiro atoms. The molecule has 0 N–H and O–H groups in total. The molecule has 0 saturated heterocycles. The molecule has 62 valence electrons. The summed E-state index contributed by atoms with van der Waals surface area (Å²) in [6, 6.07) is 0. The fourth-order valence-corrected chi connectivity index (χ4v) is 1.61. The highest BCUT2D eigenvalue weighted by Crippen LogP contribution is 2.21. The molecule has 0 radical (unpaired) electrons. The Kier molecular flexibility index (Phi) is 3.34. The van der Waals surface area contributed by atoms with Crippen LogP contribution in [0.1, 0.15) is 45.4 Å². The van der Waals surface area contributed by atoms with Gasteiger partial charge in [-0.2, -0.15) is 0 Å². The minimum atomic E-state index is 0.210. The SMILES string of the molecule is CC(=O)C=C1CCCCCC1. The molecule has 0 aromatic rings. The van der Waals surface area contributed by atoms with Crippen LogP contribution in [0.4, 0.5) is 0 Å². The van der Waals surface area contributed by atoms with Crippen molar-refractivity contribution in [3.63, 3.8) is 0 Å². The van der Waals surface area contributed by atoms with Gasteiger partial charge in [-0.15, -0.1) is 0 Å². The van der Waals surface area contributed by atoms with Crippen molar-refractivity contribution in [2.45, 2.75) is 45.4 Å². The summed E-state index contributed by atoms with van der Waals surface area (Å²) in [4.78, 5) is 10.7. The van der Waals surface area contributed by atoms with Gasteiger partial charge in [0.05, 0.1) is 0 Å². The summed E-state index contributed by atoms with van der Waals surface area (Å²) in [7, 11) is 0. The number of hydrogen-bond acceptors (Lipinski definition) is 1. The maximum atomic E-state index is 10.7. The number of carbonyl (C=O) groups is 1. The van der Waals surface area contributed by atoms with Crippen LogP contribution in [0.15, 0.2) is 11.6 Å². The Bertz CT molecular complexity index is 158. The predicted octanol–water partition coefficient (Wildman–Crippen LogP) is 2.86. The smallest absolute Gasteiger partial charge is 0.152 e. The Morgan fingerprint density at radius 1 is 1.18 bits per heavy atom. The molecule has 1 aliphatic carbocycles. The molecule has 0 atom stereocenters. The lowest BCUT2D eigenvalue weighted by atomic mass is 10.1. The first-order chi connectivity index (χ1) is 5.29. The van der Waals surface area contributed by atoms with Gasteiger partial charge in [0, 0.05) is 0 Å². The minimum absolute atomic E-state index is 0.210. The Morgan fingerprint density at radius 2 is 1.73 bits per heavy atom. The Hall–Kier alpha value is -0.590. The maximum absolute atomic E-state index is 10.7. The minimum Gasteiger partial charge on any atom is -0.295 e. The standard InChI is InChI=1S/C10H16O/c1-9(11)8-10-6-4-2-3-5-7-10/h8H,2-7H2,1H3. The van der Waals surface area contributed by atoms with Crippen molar-refractivity contribution in [2.75, 3.05) is 0 Å². The van der Waals surface area contributed by atoms with Gasteiger partial charge in [0.1, 0.15) is 0 Å². The highest BCUT2D eigenvalue weighted by Gasteiger charge is 2.04. The lowest BCUT2D eigenvalue weighted by molar-refractivity contribution is -0.112. The third-order valence-corrected chi connectivity index (χ3v) is 2.15. The zero-order chi connectivity index (χ0) is 8.10. The lowest BCUT2D eigenvalue weighted by Crippen LogP contribution is -1.87. The van der Waals surface area contributed by atoms with Gasteiger partial charge in [-0.05, 0) is 38.7 Å². The molecule has 0 aliphatic heterocycles. The molecule has 11 heavy (non-hydrogen) atoms. The van der Waals surface area contributed by atoms with E-state index in [1.54, 1.807) is 6.92 Å². The van der Waals surface area contributed by atoms with Crippen molar-refractivity contribution < 1.29 is 4.79 Å². The first kappa shape index (κ1) is 8.51. The Morgan fingerprint density at radius 3 is 2.18 bits per heavy atom. The molecule has 1 rings (SSSR count). The second kappa shape index (κ2) is 4.32. The Balaban J connectivity index is 2.48. The molecule has 0 bridgehead atoms. The molecule has 0 aromatic carbocycles. The molecular weight excluding hydrogens is 136 g/mol. The van der Waals surface area contributed by atoms with E-state index in [4.69, 9.17) is 0 Å². The summed E-state index contributed by atoms with van der Waals surface area (Å²) in [6.45, 7) is 1.64. The van der Waals surface area contributed by atoms with Crippen LogP contribution >= 0.6 is 0 Å². The van der Waals surface area contributed by atoms with Crippen molar-refractivity contribution in [2.24, 2.45) is 0 Å². The molecule has 1 nitrogen and oxygen atoms in total. The van der Waals surface area contributed by atoms with Crippen molar-refractivity contribution in [3.8, 4) is 0 Å². The van der Waals surface area contributed by atoms with Crippen LogP contribution in [0.2, 0.25) is 0 Å². The van der Waals surface area contributed by atoms with Gasteiger partial charge in [-0.1, -0.05) is 18.4 Å². The number of hydrogen-bond donors (Lipinski definition) is 0. The summed E-state index contributed by atoms with van der Waals surface area (Å²) in [6.07, 6.45) is 9.37. The average molecular weight is 152 g/mol. The molecule has 1 aliphatic rings. The topological polar surface area (TPSA) is 17.1 Å². The number of ketones is 1. The van der Waals surface area contributed by atoms with E-state index in [0.717, 1.165) is 12.8 Å². The fourth-order valence-electron chi connectivity index (χ4n) is 1.61. The van der Waals surface area contributed by atoms with E-state index in [0.29, 0.717) is 0 Å². The van der Waals surface area contributed by atoms with Crippen molar-refractivity contribution >= 4 is 5.78 Å². The van der Waals surface area contributed by atoms with Crippen LogP contribution in [0, 0.1) is 0 Å². The second-order valence-corrected chi connectivity index (χ2v) is 3.33. The number of carbonyl (C=O) groups excluding carboxylic acids is 1. The van der Waals surface area contributed by atoms with Crippen molar-refractivity contribution in [1.82, 2.24) is 0 Å². The van der Waals surface area contributed by atoms with Crippen LogP contribution < -0.4 is 0 Å². The van der Waals surface area contributed by atoms with E-state index in [2.05, 4.69) is 0 Å². The average Bonchev–Trinajstić information content (AvgIpc) is 2.14. The molecule has 0 amide bonds. The van der Waals surface area contributed by atoms with Gasteiger partial charge < -0.3 is 0 Å². The molecule has 1 saturated carbocycles. The van der Waals surface area contributed by atoms with Crippen LogP contribution in [0.3, 0.4) is 0 Å². The van der Waals surface area contributed by atoms with Crippen LogP contribution in [0.25, 0.3) is 0 Å². The zero-order valence-electron chi connectivity index (χ0n) is 7.23. The van der Waals surface area contributed by atoms with Crippen LogP contribution in [0.5, 0.6) is 0 Å². The third-order valence-electron chi connectivity index (χ3n) is 2.15. The molecule has 1 fully saturated rings. The summed E-state index contributed by atoms with van der Waals surface area (Å²) >= 11 is 0. The highest BCUT2D eigenvalue weighted by atomic mass is 16.1. The monoisotopic (exact) mass is 152 g/mol. The van der Waals surface area contributed by atoms with Crippen molar-refractivity contribution in [1.29, 1.82) is 0 Å². The zero-order valence-corrected chi connectivity index (χ0v) is 7.23. The molecule has 0 unspecified atom stereocenters. The first-order valence-corrected chi connectivity index (χ1v) is 4.49. The summed E-state index contributed by atoms with van der Waals surface area (Å²) < 4.78 is 0. The van der Waals surface area contributed by atoms with E-state index >= 15 is 0 Å². The van der Waals surface area contributed by atoms with E-state index in [9.17, 15) is 4.79 Å². The van der Waals surface area contributed by atoms with Gasteiger partial charge in [0.25, 0.3) is 0 Å². The van der Waals surface area contributed by atoms with E-state index in [1.807, 2.05) is 6.08 Å². The maximum Gasteiger partial charge on any atom is 0.152 e. The summed E-state index contributed by atoms with van der Waals surface area (Å²) in [5.74, 6) is 0.210. The first-order valence-electron chi connectivity index (χ1n) is 4.49. The quantitative estimate of drug-likeness (QED) is 0.417. The van der Waals surface area contributed by atoms with Gasteiger partial charge in [-0.25, -0.2) is 0 Å². The van der Waals surface area contributed by atoms with Gasteiger partial charge in [-0.3, -0.25) is 4.79 Å².